The Morgan fingerprint density at radius 1 is 1.47 bits per heavy atom. The zero-order valence-electron chi connectivity index (χ0n) is 8.03. The third-order valence-electron chi connectivity index (χ3n) is 1.98. The fourth-order valence-corrected chi connectivity index (χ4v) is 1.27. The molecule has 5 heteroatoms. The third-order valence-corrected chi connectivity index (χ3v) is 1.98. The van der Waals surface area contributed by atoms with Crippen LogP contribution >= 0.6 is 0 Å². The summed E-state index contributed by atoms with van der Waals surface area (Å²) in [5.41, 5.74) is 5.65. The molecule has 15 heavy (non-hydrogen) atoms. The lowest BCUT2D eigenvalue weighted by Crippen LogP contribution is -1.90. The maximum absolute atomic E-state index is 13.7. The smallest absolute Gasteiger partial charge is 0.176 e. The van der Waals surface area contributed by atoms with Crippen LogP contribution in [0.4, 0.5) is 10.2 Å². The fraction of sp³-hybridized carbons (Fsp3) is 0.100. The van der Waals surface area contributed by atoms with Crippen LogP contribution in [-0.2, 0) is 0 Å². The largest absolute Gasteiger partial charge is 0.494 e. The van der Waals surface area contributed by atoms with Gasteiger partial charge in [-0.2, -0.15) is 0 Å². The molecule has 0 amide bonds. The van der Waals surface area contributed by atoms with E-state index in [9.17, 15) is 4.39 Å². The molecule has 4 nitrogen and oxygen atoms in total. The molecule has 2 aromatic rings. The number of hydrogen-bond donors (Lipinski definition) is 1. The van der Waals surface area contributed by atoms with E-state index in [1.54, 1.807) is 12.1 Å². The summed E-state index contributed by atoms with van der Waals surface area (Å²) in [6.07, 6.45) is 0. The first-order valence-corrected chi connectivity index (χ1v) is 4.27. The summed E-state index contributed by atoms with van der Waals surface area (Å²) in [4.78, 5) is 0. The summed E-state index contributed by atoms with van der Waals surface area (Å²) in [6.45, 7) is 0. The van der Waals surface area contributed by atoms with E-state index in [0.29, 0.717) is 0 Å². The lowest BCUT2D eigenvalue weighted by molar-refractivity contribution is 0.385. The second-order valence-electron chi connectivity index (χ2n) is 2.94. The minimum Gasteiger partial charge on any atom is -0.494 e. The van der Waals surface area contributed by atoms with Crippen LogP contribution in [0, 0.1) is 5.82 Å². The van der Waals surface area contributed by atoms with Gasteiger partial charge >= 0.3 is 0 Å². The number of hydrogen-bond acceptors (Lipinski definition) is 4. The van der Waals surface area contributed by atoms with Crippen LogP contribution in [-0.4, -0.2) is 12.3 Å². The fourth-order valence-electron chi connectivity index (χ4n) is 1.27. The number of halogens is 1. The van der Waals surface area contributed by atoms with Crippen molar-refractivity contribution in [3.8, 4) is 17.1 Å². The highest BCUT2D eigenvalue weighted by molar-refractivity contribution is 5.62. The molecular formula is C10H9FN2O2. The number of methoxy groups -OCH3 is 1. The summed E-state index contributed by atoms with van der Waals surface area (Å²) in [5, 5.41) is 3.48. The molecule has 0 bridgehead atoms. The van der Waals surface area contributed by atoms with Gasteiger partial charge in [-0.15, -0.1) is 0 Å². The second-order valence-corrected chi connectivity index (χ2v) is 2.94. The summed E-state index contributed by atoms with van der Waals surface area (Å²) >= 11 is 0. The van der Waals surface area contributed by atoms with E-state index >= 15 is 0 Å². The van der Waals surface area contributed by atoms with E-state index in [1.807, 2.05) is 0 Å². The Hall–Kier alpha value is -2.04. The molecule has 1 heterocycles. The molecule has 2 N–H and O–H groups in total. The molecule has 2 rings (SSSR count). The van der Waals surface area contributed by atoms with Crippen molar-refractivity contribution < 1.29 is 13.7 Å². The molecule has 0 fully saturated rings. The maximum Gasteiger partial charge on any atom is 0.176 e. The van der Waals surface area contributed by atoms with Gasteiger partial charge in [0.1, 0.15) is 0 Å². The van der Waals surface area contributed by atoms with Gasteiger partial charge in [-0.05, 0) is 12.1 Å². The first-order valence-electron chi connectivity index (χ1n) is 4.27. The Labute approximate surface area is 85.4 Å². The van der Waals surface area contributed by atoms with Gasteiger partial charge in [-0.25, -0.2) is 4.39 Å². The Kier molecular flexibility index (Phi) is 2.29. The standard InChI is InChI=1S/C10H9FN2O2/c1-14-7-4-2-3-6(10(7)11)8-5-9(12)13-15-8/h2-5H,1H3,(H2,12,13). The predicted octanol–water partition coefficient (Wildman–Crippen LogP) is 2.07. The van der Waals surface area contributed by atoms with Crippen LogP contribution in [0.3, 0.4) is 0 Å². The third kappa shape index (κ3) is 1.63. The first-order chi connectivity index (χ1) is 7.22. The molecular weight excluding hydrogens is 199 g/mol. The van der Waals surface area contributed by atoms with Crippen molar-refractivity contribution in [2.45, 2.75) is 0 Å². The number of ether oxygens (including phenoxy) is 1. The second kappa shape index (κ2) is 3.61. The zero-order chi connectivity index (χ0) is 10.8. The van der Waals surface area contributed by atoms with Crippen LogP contribution in [0.2, 0.25) is 0 Å². The van der Waals surface area contributed by atoms with Crippen molar-refractivity contribution >= 4 is 5.82 Å². The van der Waals surface area contributed by atoms with Crippen LogP contribution in [0.25, 0.3) is 11.3 Å². The predicted molar refractivity (Wildman–Crippen MR) is 52.9 cm³/mol. The highest BCUT2D eigenvalue weighted by Crippen LogP contribution is 2.29. The molecule has 0 radical (unpaired) electrons. The summed E-state index contributed by atoms with van der Waals surface area (Å²) < 4.78 is 23.4. The van der Waals surface area contributed by atoms with Gasteiger partial charge in [-0.1, -0.05) is 11.2 Å². The van der Waals surface area contributed by atoms with E-state index in [1.165, 1.54) is 19.2 Å². The Bertz CT molecular complexity index is 482. The summed E-state index contributed by atoms with van der Waals surface area (Å²) in [6, 6.07) is 6.21. The highest BCUT2D eigenvalue weighted by atomic mass is 19.1. The van der Waals surface area contributed by atoms with Crippen molar-refractivity contribution in [3.05, 3.63) is 30.1 Å². The Morgan fingerprint density at radius 2 is 2.27 bits per heavy atom. The van der Waals surface area contributed by atoms with E-state index in [-0.39, 0.29) is 22.9 Å². The van der Waals surface area contributed by atoms with Gasteiger partial charge in [0.05, 0.1) is 12.7 Å². The molecule has 0 atom stereocenters. The molecule has 0 aliphatic carbocycles. The van der Waals surface area contributed by atoms with Crippen molar-refractivity contribution in [2.24, 2.45) is 0 Å². The van der Waals surface area contributed by atoms with Crippen molar-refractivity contribution in [1.29, 1.82) is 0 Å². The number of benzene rings is 1. The Morgan fingerprint density at radius 3 is 2.87 bits per heavy atom. The minimum absolute atomic E-state index is 0.155. The summed E-state index contributed by atoms with van der Waals surface area (Å²) in [5.74, 6) is 0.162. The number of anilines is 1. The summed E-state index contributed by atoms with van der Waals surface area (Å²) in [7, 11) is 1.40. The van der Waals surface area contributed by atoms with Crippen LogP contribution in [0.5, 0.6) is 5.75 Å². The monoisotopic (exact) mass is 208 g/mol. The molecule has 0 aliphatic heterocycles. The number of nitrogens with two attached hydrogens (primary N) is 1. The Balaban J connectivity index is 2.53. The SMILES string of the molecule is COc1cccc(-c2cc(N)no2)c1F. The van der Waals surface area contributed by atoms with Gasteiger partial charge in [0, 0.05) is 6.07 Å². The van der Waals surface area contributed by atoms with Crippen molar-refractivity contribution in [1.82, 2.24) is 5.16 Å². The molecule has 0 unspecified atom stereocenters. The maximum atomic E-state index is 13.7. The molecule has 0 saturated carbocycles. The van der Waals surface area contributed by atoms with Crippen LogP contribution in [0.1, 0.15) is 0 Å². The average molecular weight is 208 g/mol. The molecule has 0 spiro atoms. The first kappa shape index (κ1) is 9.51. The average Bonchev–Trinajstić information content (AvgIpc) is 2.65. The lowest BCUT2D eigenvalue weighted by Gasteiger charge is -2.03. The van der Waals surface area contributed by atoms with Gasteiger partial charge in [-0.3, -0.25) is 0 Å². The highest BCUT2D eigenvalue weighted by Gasteiger charge is 2.13. The number of aromatic nitrogens is 1. The number of nitrogen functional groups attached to an aromatic ring is 1. The van der Waals surface area contributed by atoms with Crippen LogP contribution in [0.15, 0.2) is 28.8 Å². The van der Waals surface area contributed by atoms with Gasteiger partial charge in [0.15, 0.2) is 23.1 Å². The molecule has 1 aromatic carbocycles. The molecule has 78 valence electrons. The van der Waals surface area contributed by atoms with Gasteiger partial charge in [0.2, 0.25) is 0 Å². The normalized spacial score (nSPS) is 10.3. The van der Waals surface area contributed by atoms with Crippen molar-refractivity contribution in [2.75, 3.05) is 12.8 Å². The molecule has 0 saturated heterocycles. The van der Waals surface area contributed by atoms with Gasteiger partial charge in [0.25, 0.3) is 0 Å². The zero-order valence-corrected chi connectivity index (χ0v) is 8.03. The number of rotatable bonds is 2. The molecule has 0 aliphatic rings. The topological polar surface area (TPSA) is 61.3 Å². The van der Waals surface area contributed by atoms with Crippen LogP contribution < -0.4 is 10.5 Å². The van der Waals surface area contributed by atoms with Gasteiger partial charge < -0.3 is 15.0 Å². The molecule has 1 aromatic heterocycles. The van der Waals surface area contributed by atoms with E-state index in [4.69, 9.17) is 15.0 Å². The van der Waals surface area contributed by atoms with E-state index in [2.05, 4.69) is 5.16 Å². The number of nitrogens with zero attached hydrogens (tertiary/aromatic N) is 1. The minimum atomic E-state index is -0.490. The van der Waals surface area contributed by atoms with E-state index < -0.39 is 5.82 Å². The van der Waals surface area contributed by atoms with Crippen molar-refractivity contribution in [3.63, 3.8) is 0 Å². The van der Waals surface area contributed by atoms with E-state index in [0.717, 1.165) is 0 Å². The quantitative estimate of drug-likeness (QED) is 0.820. The lowest BCUT2D eigenvalue weighted by atomic mass is 10.1.